The first-order valence-corrected chi connectivity index (χ1v) is 6.94. The van der Waals surface area contributed by atoms with E-state index in [2.05, 4.69) is 50.2 Å². The highest BCUT2D eigenvalue weighted by Crippen LogP contribution is 2.22. The van der Waals surface area contributed by atoms with Crippen molar-refractivity contribution in [1.82, 2.24) is 0 Å². The third-order valence-corrected chi connectivity index (χ3v) is 3.71. The van der Waals surface area contributed by atoms with Crippen molar-refractivity contribution in [2.24, 2.45) is 0 Å². The Morgan fingerprint density at radius 2 is 1.58 bits per heavy atom. The number of hydrogen-bond donors (Lipinski definition) is 1. The van der Waals surface area contributed by atoms with Crippen molar-refractivity contribution in [2.45, 2.75) is 38.7 Å². The van der Waals surface area contributed by atoms with Crippen LogP contribution in [0.5, 0.6) is 0 Å². The van der Waals surface area contributed by atoms with Crippen molar-refractivity contribution in [3.63, 3.8) is 0 Å². The molecule has 2 atom stereocenters. The summed E-state index contributed by atoms with van der Waals surface area (Å²) < 4.78 is 0. The Bertz CT molecular complexity index is 504. The van der Waals surface area contributed by atoms with Gasteiger partial charge in [-0.2, -0.15) is 0 Å². The molecule has 0 amide bonds. The number of benzene rings is 2. The molecule has 0 aromatic heterocycles. The highest BCUT2D eigenvalue weighted by Gasteiger charge is 2.13. The average molecular weight is 254 g/mol. The fraction of sp³-hybridized carbons (Fsp3) is 0.333. The molecular formula is C18H22O. The zero-order valence-corrected chi connectivity index (χ0v) is 11.7. The van der Waals surface area contributed by atoms with Crippen LogP contribution < -0.4 is 0 Å². The van der Waals surface area contributed by atoms with Crippen LogP contribution in [0.2, 0.25) is 0 Å². The summed E-state index contributed by atoms with van der Waals surface area (Å²) in [6, 6.07) is 18.7. The fourth-order valence-electron chi connectivity index (χ4n) is 2.50. The molecule has 2 aromatic carbocycles. The minimum Gasteiger partial charge on any atom is -0.393 e. The molecule has 2 unspecified atom stereocenters. The van der Waals surface area contributed by atoms with Crippen molar-refractivity contribution in [3.05, 3.63) is 71.3 Å². The molecule has 0 saturated carbocycles. The summed E-state index contributed by atoms with van der Waals surface area (Å²) in [5.41, 5.74) is 3.80. The van der Waals surface area contributed by atoms with Gasteiger partial charge in [0.05, 0.1) is 6.10 Å². The molecule has 0 aliphatic rings. The smallest absolute Gasteiger partial charge is 0.0586 e. The van der Waals surface area contributed by atoms with Crippen LogP contribution in [0.1, 0.15) is 36.0 Å². The average Bonchev–Trinajstić information content (AvgIpc) is 2.42. The van der Waals surface area contributed by atoms with E-state index in [0.717, 1.165) is 12.8 Å². The fourth-order valence-corrected chi connectivity index (χ4v) is 2.50. The number of rotatable bonds is 5. The van der Waals surface area contributed by atoms with Crippen LogP contribution in [0, 0.1) is 6.92 Å². The summed E-state index contributed by atoms with van der Waals surface area (Å²) in [5, 5.41) is 10.3. The second-order valence-electron chi connectivity index (χ2n) is 5.33. The molecule has 0 saturated heterocycles. The molecule has 1 N–H and O–H groups in total. The van der Waals surface area contributed by atoms with Crippen molar-refractivity contribution in [3.8, 4) is 0 Å². The molecule has 0 heterocycles. The van der Waals surface area contributed by atoms with Gasteiger partial charge >= 0.3 is 0 Å². The molecule has 1 heteroatoms. The third-order valence-electron chi connectivity index (χ3n) is 3.71. The van der Waals surface area contributed by atoms with E-state index < -0.39 is 0 Å². The van der Waals surface area contributed by atoms with Crippen LogP contribution in [-0.2, 0) is 6.42 Å². The Kier molecular flexibility index (Phi) is 4.75. The van der Waals surface area contributed by atoms with Crippen molar-refractivity contribution >= 4 is 0 Å². The summed E-state index contributed by atoms with van der Waals surface area (Å²) in [5.74, 6) is 0.389. The molecule has 2 aromatic rings. The lowest BCUT2D eigenvalue weighted by molar-refractivity contribution is 0.157. The lowest BCUT2D eigenvalue weighted by Gasteiger charge is -2.17. The van der Waals surface area contributed by atoms with Crippen molar-refractivity contribution in [2.75, 3.05) is 0 Å². The van der Waals surface area contributed by atoms with Crippen LogP contribution >= 0.6 is 0 Å². The molecule has 100 valence electrons. The first-order chi connectivity index (χ1) is 9.16. The second kappa shape index (κ2) is 6.53. The van der Waals surface area contributed by atoms with Gasteiger partial charge in [0.25, 0.3) is 0 Å². The molecule has 0 bridgehead atoms. The van der Waals surface area contributed by atoms with Gasteiger partial charge < -0.3 is 5.11 Å². The maximum atomic E-state index is 10.3. The molecule has 0 aliphatic heterocycles. The molecule has 0 spiro atoms. The van der Waals surface area contributed by atoms with Crippen LogP contribution in [0.15, 0.2) is 54.6 Å². The Balaban J connectivity index is 1.95. The van der Waals surface area contributed by atoms with Gasteiger partial charge in [-0.1, -0.05) is 61.5 Å². The van der Waals surface area contributed by atoms with Gasteiger partial charge in [-0.25, -0.2) is 0 Å². The topological polar surface area (TPSA) is 20.2 Å². The van der Waals surface area contributed by atoms with E-state index in [-0.39, 0.29) is 6.10 Å². The van der Waals surface area contributed by atoms with E-state index >= 15 is 0 Å². The lowest BCUT2D eigenvalue weighted by atomic mass is 9.92. The van der Waals surface area contributed by atoms with Crippen LogP contribution in [0.3, 0.4) is 0 Å². The Morgan fingerprint density at radius 1 is 0.947 bits per heavy atom. The minimum atomic E-state index is -0.281. The Morgan fingerprint density at radius 3 is 2.26 bits per heavy atom. The monoisotopic (exact) mass is 254 g/mol. The molecule has 1 nitrogen and oxygen atoms in total. The SMILES string of the molecule is Cc1ccccc1CC(O)CC(C)c1ccccc1. The standard InChI is InChI=1S/C18H22O/c1-14-8-6-7-11-17(14)13-18(19)12-15(2)16-9-4-3-5-10-16/h3-11,15,18-19H,12-13H2,1-2H3. The Hall–Kier alpha value is -1.60. The largest absolute Gasteiger partial charge is 0.393 e. The normalized spacial score (nSPS) is 14.1. The van der Waals surface area contributed by atoms with Gasteiger partial charge in [-0.3, -0.25) is 0 Å². The number of aliphatic hydroxyl groups excluding tert-OH is 1. The van der Waals surface area contributed by atoms with Gasteiger partial charge in [-0.15, -0.1) is 0 Å². The summed E-state index contributed by atoms with van der Waals surface area (Å²) in [7, 11) is 0. The van der Waals surface area contributed by atoms with Gasteiger partial charge in [0.15, 0.2) is 0 Å². The molecule has 0 aliphatic carbocycles. The van der Waals surface area contributed by atoms with Crippen molar-refractivity contribution in [1.29, 1.82) is 0 Å². The Labute approximate surface area is 115 Å². The van der Waals surface area contributed by atoms with Gasteiger partial charge in [0.2, 0.25) is 0 Å². The highest BCUT2D eigenvalue weighted by atomic mass is 16.3. The van der Waals surface area contributed by atoms with Crippen LogP contribution in [0.4, 0.5) is 0 Å². The number of aryl methyl sites for hydroxylation is 1. The zero-order valence-electron chi connectivity index (χ0n) is 11.7. The van der Waals surface area contributed by atoms with E-state index in [1.54, 1.807) is 0 Å². The van der Waals surface area contributed by atoms with E-state index in [9.17, 15) is 5.11 Å². The van der Waals surface area contributed by atoms with E-state index in [1.165, 1.54) is 16.7 Å². The predicted molar refractivity (Wildman–Crippen MR) is 80.4 cm³/mol. The van der Waals surface area contributed by atoms with E-state index in [0.29, 0.717) is 5.92 Å². The first kappa shape index (κ1) is 13.8. The molecule has 19 heavy (non-hydrogen) atoms. The minimum absolute atomic E-state index is 0.281. The van der Waals surface area contributed by atoms with Gasteiger partial charge in [-0.05, 0) is 42.4 Å². The van der Waals surface area contributed by atoms with Crippen molar-refractivity contribution < 1.29 is 5.11 Å². The highest BCUT2D eigenvalue weighted by molar-refractivity contribution is 5.26. The predicted octanol–water partition coefficient (Wildman–Crippen LogP) is 4.09. The van der Waals surface area contributed by atoms with Crippen LogP contribution in [-0.4, -0.2) is 11.2 Å². The summed E-state index contributed by atoms with van der Waals surface area (Å²) in [6.45, 7) is 4.28. The van der Waals surface area contributed by atoms with E-state index in [4.69, 9.17) is 0 Å². The lowest BCUT2D eigenvalue weighted by Crippen LogP contribution is -2.14. The maximum absolute atomic E-state index is 10.3. The number of hydrogen-bond acceptors (Lipinski definition) is 1. The third kappa shape index (κ3) is 3.93. The first-order valence-electron chi connectivity index (χ1n) is 6.94. The molecular weight excluding hydrogens is 232 g/mol. The molecule has 0 fully saturated rings. The number of aliphatic hydroxyl groups is 1. The molecule has 0 radical (unpaired) electrons. The second-order valence-corrected chi connectivity index (χ2v) is 5.33. The summed E-state index contributed by atoms with van der Waals surface area (Å²) in [4.78, 5) is 0. The van der Waals surface area contributed by atoms with Crippen LogP contribution in [0.25, 0.3) is 0 Å². The van der Waals surface area contributed by atoms with Gasteiger partial charge in [0.1, 0.15) is 0 Å². The quantitative estimate of drug-likeness (QED) is 0.852. The van der Waals surface area contributed by atoms with E-state index in [1.807, 2.05) is 18.2 Å². The zero-order chi connectivity index (χ0) is 13.7. The maximum Gasteiger partial charge on any atom is 0.0586 e. The summed E-state index contributed by atoms with van der Waals surface area (Å²) >= 11 is 0. The molecule has 2 rings (SSSR count). The summed E-state index contributed by atoms with van der Waals surface area (Å²) in [6.07, 6.45) is 1.26. The van der Waals surface area contributed by atoms with Gasteiger partial charge in [0, 0.05) is 0 Å².